The molecule has 0 bridgehead atoms. The van der Waals surface area contributed by atoms with Gasteiger partial charge in [-0.1, -0.05) is 0 Å². The maximum Gasteiger partial charge on any atom is 0.311 e. The van der Waals surface area contributed by atoms with Gasteiger partial charge in [-0.2, -0.15) is 0 Å². The summed E-state index contributed by atoms with van der Waals surface area (Å²) in [7, 11) is 1.26. The number of nitrogens with zero attached hydrogens (tertiary/aromatic N) is 1. The number of methoxy groups -OCH3 is 1. The van der Waals surface area contributed by atoms with Crippen LogP contribution in [0.3, 0.4) is 0 Å². The highest BCUT2D eigenvalue weighted by Gasteiger charge is 2.43. The topological polar surface area (TPSA) is 78.7 Å². The highest BCUT2D eigenvalue weighted by atomic mass is 19.1. The van der Waals surface area contributed by atoms with E-state index in [1.165, 1.54) is 7.11 Å². The minimum atomic E-state index is -0.828. The van der Waals surface area contributed by atoms with Crippen LogP contribution in [0.25, 0.3) is 0 Å². The Morgan fingerprint density at radius 2 is 2.20 bits per heavy atom. The van der Waals surface area contributed by atoms with Crippen molar-refractivity contribution in [1.29, 1.82) is 0 Å². The van der Waals surface area contributed by atoms with Crippen LogP contribution in [0.1, 0.15) is 25.7 Å². The van der Waals surface area contributed by atoms with E-state index in [1.54, 1.807) is 0 Å². The molecule has 20 heavy (non-hydrogen) atoms. The molecule has 0 unspecified atom stereocenters. The highest BCUT2D eigenvalue weighted by Crippen LogP contribution is 2.42. The third kappa shape index (κ3) is 2.87. The van der Waals surface area contributed by atoms with Crippen LogP contribution in [-0.2, 0) is 9.53 Å². The Morgan fingerprint density at radius 3 is 2.70 bits per heavy atom. The molecule has 7 heteroatoms. The second-order valence-corrected chi connectivity index (χ2v) is 4.76. The molecule has 108 valence electrons. The number of hydrogen-bond acceptors (Lipinski definition) is 5. The number of hydrogen-bond donors (Lipinski definition) is 0. The molecule has 1 aromatic rings. The zero-order valence-corrected chi connectivity index (χ0v) is 10.9. The van der Waals surface area contributed by atoms with Crippen LogP contribution >= 0.6 is 0 Å². The lowest BCUT2D eigenvalue weighted by molar-refractivity contribution is -0.386. The first-order chi connectivity index (χ1) is 9.46. The van der Waals surface area contributed by atoms with Gasteiger partial charge in [0, 0.05) is 12.1 Å². The van der Waals surface area contributed by atoms with Crippen molar-refractivity contribution >= 4 is 11.7 Å². The van der Waals surface area contributed by atoms with Crippen molar-refractivity contribution in [3.05, 3.63) is 34.1 Å². The van der Waals surface area contributed by atoms with Crippen molar-refractivity contribution in [3.63, 3.8) is 0 Å². The molecule has 0 aromatic heterocycles. The van der Waals surface area contributed by atoms with Gasteiger partial charge < -0.3 is 9.47 Å². The Morgan fingerprint density at radius 1 is 1.50 bits per heavy atom. The fourth-order valence-corrected chi connectivity index (χ4v) is 2.18. The minimum absolute atomic E-state index is 0.00281. The summed E-state index contributed by atoms with van der Waals surface area (Å²) in [5, 5.41) is 10.9. The highest BCUT2D eigenvalue weighted by molar-refractivity contribution is 5.71. The summed E-state index contributed by atoms with van der Waals surface area (Å²) in [5.41, 5.74) is -1.14. The Kier molecular flexibility index (Phi) is 3.87. The molecule has 0 N–H and O–H groups in total. The molecule has 1 saturated carbocycles. The summed E-state index contributed by atoms with van der Waals surface area (Å²) in [6.07, 6.45) is 2.00. The van der Waals surface area contributed by atoms with E-state index in [9.17, 15) is 19.3 Å². The smallest absolute Gasteiger partial charge is 0.311 e. The van der Waals surface area contributed by atoms with E-state index >= 15 is 0 Å². The maximum atomic E-state index is 13.2. The lowest BCUT2D eigenvalue weighted by Gasteiger charge is -2.40. The maximum absolute atomic E-state index is 13.2. The lowest BCUT2D eigenvalue weighted by atomic mass is 9.77. The lowest BCUT2D eigenvalue weighted by Crippen LogP contribution is -2.45. The molecule has 0 amide bonds. The summed E-state index contributed by atoms with van der Waals surface area (Å²) < 4.78 is 23.4. The van der Waals surface area contributed by atoms with Gasteiger partial charge in [0.2, 0.25) is 5.75 Å². The fraction of sp³-hybridized carbons (Fsp3) is 0.462. The second kappa shape index (κ2) is 5.44. The Hall–Kier alpha value is -2.18. The van der Waals surface area contributed by atoms with Crippen LogP contribution in [-0.4, -0.2) is 23.6 Å². The van der Waals surface area contributed by atoms with Crippen molar-refractivity contribution in [3.8, 4) is 5.75 Å². The average Bonchev–Trinajstić information content (AvgIpc) is 2.35. The predicted molar refractivity (Wildman–Crippen MR) is 66.9 cm³/mol. The Labute approximate surface area is 114 Å². The Bertz CT molecular complexity index is 542. The molecule has 0 atom stereocenters. The van der Waals surface area contributed by atoms with Crippen LogP contribution in [0.2, 0.25) is 0 Å². The van der Waals surface area contributed by atoms with E-state index in [0.29, 0.717) is 12.8 Å². The van der Waals surface area contributed by atoms with E-state index in [4.69, 9.17) is 4.74 Å². The Balaban J connectivity index is 2.25. The normalized spacial score (nSPS) is 16.1. The molecule has 1 fully saturated rings. The van der Waals surface area contributed by atoms with Crippen LogP contribution in [0.5, 0.6) is 5.75 Å². The first-order valence-corrected chi connectivity index (χ1v) is 6.15. The first kappa shape index (κ1) is 14.2. The van der Waals surface area contributed by atoms with Gasteiger partial charge in [-0.05, 0) is 25.3 Å². The van der Waals surface area contributed by atoms with Crippen molar-refractivity contribution in [1.82, 2.24) is 0 Å². The molecule has 0 spiro atoms. The second-order valence-electron chi connectivity index (χ2n) is 4.76. The van der Waals surface area contributed by atoms with Crippen molar-refractivity contribution in [2.75, 3.05) is 7.11 Å². The van der Waals surface area contributed by atoms with Gasteiger partial charge in [-0.25, -0.2) is 4.39 Å². The number of ether oxygens (including phenoxy) is 2. The summed E-state index contributed by atoms with van der Waals surface area (Å²) in [4.78, 5) is 21.7. The number of esters is 1. The first-order valence-electron chi connectivity index (χ1n) is 6.15. The number of nitro groups is 1. The van der Waals surface area contributed by atoms with Gasteiger partial charge in [0.15, 0.2) is 0 Å². The number of carbonyl (C=O) groups excluding carboxylic acids is 1. The standard InChI is InChI=1S/C13H14FNO5/c1-19-12(16)8-13(5-2-6-13)20-11-7-9(14)3-4-10(11)15(17)18/h3-4,7H,2,5-6,8H2,1H3. The van der Waals surface area contributed by atoms with Gasteiger partial charge in [-0.3, -0.25) is 14.9 Å². The number of rotatable bonds is 5. The van der Waals surface area contributed by atoms with E-state index in [0.717, 1.165) is 24.6 Å². The summed E-state index contributed by atoms with van der Waals surface area (Å²) >= 11 is 0. The number of nitro benzene ring substituents is 1. The van der Waals surface area contributed by atoms with E-state index < -0.39 is 22.3 Å². The number of halogens is 1. The van der Waals surface area contributed by atoms with Gasteiger partial charge in [-0.15, -0.1) is 0 Å². The molecule has 0 saturated heterocycles. The zero-order chi connectivity index (χ0) is 14.8. The molecule has 6 nitrogen and oxygen atoms in total. The van der Waals surface area contributed by atoms with Crippen LogP contribution in [0.15, 0.2) is 18.2 Å². The predicted octanol–water partition coefficient (Wildman–Crippen LogP) is 2.60. The van der Waals surface area contributed by atoms with Gasteiger partial charge in [0.05, 0.1) is 18.5 Å². The molecule has 0 radical (unpaired) electrons. The fourth-order valence-electron chi connectivity index (χ4n) is 2.18. The number of carbonyl (C=O) groups is 1. The molecule has 1 aromatic carbocycles. The molecule has 1 aliphatic carbocycles. The van der Waals surface area contributed by atoms with Crippen LogP contribution in [0, 0.1) is 15.9 Å². The summed E-state index contributed by atoms with van der Waals surface area (Å²) in [5.74, 6) is -1.24. The average molecular weight is 283 g/mol. The van der Waals surface area contributed by atoms with E-state index in [-0.39, 0.29) is 17.9 Å². The van der Waals surface area contributed by atoms with E-state index in [1.807, 2.05) is 0 Å². The monoisotopic (exact) mass is 283 g/mol. The molecule has 1 aliphatic rings. The van der Waals surface area contributed by atoms with Gasteiger partial charge in [0.1, 0.15) is 11.4 Å². The van der Waals surface area contributed by atoms with Gasteiger partial charge in [0.25, 0.3) is 0 Å². The molecular weight excluding hydrogens is 269 g/mol. The molecule has 0 aliphatic heterocycles. The SMILES string of the molecule is COC(=O)CC1(Oc2cc(F)ccc2[N+](=O)[O-])CCC1. The molecule has 0 heterocycles. The minimum Gasteiger partial charge on any atom is -0.480 e. The van der Waals surface area contributed by atoms with Crippen molar-refractivity contribution in [2.24, 2.45) is 0 Å². The third-order valence-electron chi connectivity index (χ3n) is 3.40. The zero-order valence-electron chi connectivity index (χ0n) is 10.9. The number of benzene rings is 1. The van der Waals surface area contributed by atoms with Crippen LogP contribution < -0.4 is 4.74 Å². The quantitative estimate of drug-likeness (QED) is 0.471. The van der Waals surface area contributed by atoms with Crippen molar-refractivity contribution < 1.29 is 23.6 Å². The van der Waals surface area contributed by atoms with Crippen LogP contribution in [0.4, 0.5) is 10.1 Å². The van der Waals surface area contributed by atoms with E-state index in [2.05, 4.69) is 4.74 Å². The van der Waals surface area contributed by atoms with Gasteiger partial charge >= 0.3 is 11.7 Å². The van der Waals surface area contributed by atoms with Crippen molar-refractivity contribution in [2.45, 2.75) is 31.3 Å². The summed E-state index contributed by atoms with van der Waals surface area (Å²) in [6, 6.07) is 3.02. The largest absolute Gasteiger partial charge is 0.480 e. The summed E-state index contributed by atoms with van der Waals surface area (Å²) in [6.45, 7) is 0. The third-order valence-corrected chi connectivity index (χ3v) is 3.40. The molecule has 2 rings (SSSR count). The molecular formula is C13H14FNO5.